The van der Waals surface area contributed by atoms with Crippen LogP contribution in [-0.4, -0.2) is 36.6 Å². The molecular formula is C13H20N2O2S. The van der Waals surface area contributed by atoms with Crippen molar-refractivity contribution in [3.8, 4) is 0 Å². The van der Waals surface area contributed by atoms with Gasteiger partial charge in [-0.15, -0.1) is 11.3 Å². The monoisotopic (exact) mass is 268 g/mol. The molecule has 5 heteroatoms. The highest BCUT2D eigenvalue weighted by atomic mass is 32.1. The molecule has 0 saturated carbocycles. The molecule has 0 radical (unpaired) electrons. The van der Waals surface area contributed by atoms with E-state index in [1.54, 1.807) is 16.2 Å². The highest BCUT2D eigenvalue weighted by Gasteiger charge is 2.31. The van der Waals surface area contributed by atoms with Crippen molar-refractivity contribution >= 4 is 17.2 Å². The summed E-state index contributed by atoms with van der Waals surface area (Å²) in [5.41, 5.74) is 6.80. The number of aryl methyl sites for hydroxylation is 1. The van der Waals surface area contributed by atoms with Crippen LogP contribution in [0.4, 0.5) is 0 Å². The summed E-state index contributed by atoms with van der Waals surface area (Å²) in [5, 5.41) is 2.06. The molecule has 2 heterocycles. The number of ether oxygens (including phenoxy) is 1. The summed E-state index contributed by atoms with van der Waals surface area (Å²) in [6, 6.07) is 2.08. The number of hydrogen-bond donors (Lipinski definition) is 1. The first-order valence-electron chi connectivity index (χ1n) is 6.25. The Morgan fingerprint density at radius 3 is 2.94 bits per heavy atom. The SMILES string of the molecule is Cc1ccsc1CN(C)C(=O)[C@@H]1CC[C@H](CN)O1. The van der Waals surface area contributed by atoms with Crippen molar-refractivity contribution < 1.29 is 9.53 Å². The average Bonchev–Trinajstić information content (AvgIpc) is 2.98. The van der Waals surface area contributed by atoms with Gasteiger partial charge in [-0.1, -0.05) is 0 Å². The van der Waals surface area contributed by atoms with Crippen molar-refractivity contribution in [2.24, 2.45) is 5.73 Å². The van der Waals surface area contributed by atoms with E-state index in [-0.39, 0.29) is 18.1 Å². The molecule has 0 bridgehead atoms. The van der Waals surface area contributed by atoms with Gasteiger partial charge in [0.05, 0.1) is 12.6 Å². The van der Waals surface area contributed by atoms with Gasteiger partial charge in [-0.05, 0) is 36.8 Å². The number of carbonyl (C=O) groups is 1. The van der Waals surface area contributed by atoms with E-state index in [1.165, 1.54) is 10.4 Å². The van der Waals surface area contributed by atoms with Crippen LogP contribution in [0.3, 0.4) is 0 Å². The minimum Gasteiger partial charge on any atom is -0.364 e. The fraction of sp³-hybridized carbons (Fsp3) is 0.615. The Balaban J connectivity index is 1.91. The van der Waals surface area contributed by atoms with Crippen molar-refractivity contribution in [3.05, 3.63) is 21.9 Å². The fourth-order valence-electron chi connectivity index (χ4n) is 2.17. The molecular weight excluding hydrogens is 248 g/mol. The molecule has 18 heavy (non-hydrogen) atoms. The van der Waals surface area contributed by atoms with Crippen LogP contribution in [-0.2, 0) is 16.1 Å². The molecule has 4 nitrogen and oxygen atoms in total. The molecule has 2 atom stereocenters. The molecule has 1 aliphatic rings. The average molecular weight is 268 g/mol. The first kappa shape index (κ1) is 13.5. The first-order valence-corrected chi connectivity index (χ1v) is 7.13. The zero-order valence-electron chi connectivity index (χ0n) is 10.9. The summed E-state index contributed by atoms with van der Waals surface area (Å²) in [5.74, 6) is 0.0683. The minimum absolute atomic E-state index is 0.0517. The standard InChI is InChI=1S/C13H20N2O2S/c1-9-5-6-18-12(9)8-15(2)13(16)11-4-3-10(7-14)17-11/h5-6,10-11H,3-4,7-8,14H2,1-2H3/t10-,11+/m1/s1. The van der Waals surface area contributed by atoms with E-state index in [4.69, 9.17) is 10.5 Å². The molecule has 2 N–H and O–H groups in total. The lowest BCUT2D eigenvalue weighted by Gasteiger charge is -2.21. The van der Waals surface area contributed by atoms with E-state index < -0.39 is 0 Å². The Kier molecular flexibility index (Phi) is 4.37. The second kappa shape index (κ2) is 5.82. The normalized spacial score (nSPS) is 23.3. The third-order valence-electron chi connectivity index (χ3n) is 3.37. The number of nitrogens with zero attached hydrogens (tertiary/aromatic N) is 1. The predicted octanol–water partition coefficient (Wildman–Crippen LogP) is 1.52. The number of hydrogen-bond acceptors (Lipinski definition) is 4. The summed E-state index contributed by atoms with van der Waals surface area (Å²) >= 11 is 1.69. The zero-order valence-corrected chi connectivity index (χ0v) is 11.7. The lowest BCUT2D eigenvalue weighted by molar-refractivity contribution is -0.141. The molecule has 1 aromatic rings. The second-order valence-corrected chi connectivity index (χ2v) is 5.78. The topological polar surface area (TPSA) is 55.6 Å². The predicted molar refractivity (Wildman–Crippen MR) is 72.5 cm³/mol. The molecule has 1 amide bonds. The van der Waals surface area contributed by atoms with E-state index in [9.17, 15) is 4.79 Å². The molecule has 1 aromatic heterocycles. The van der Waals surface area contributed by atoms with E-state index in [0.717, 1.165) is 12.8 Å². The number of amides is 1. The lowest BCUT2D eigenvalue weighted by Crippen LogP contribution is -2.36. The Labute approximate surface area is 112 Å². The van der Waals surface area contributed by atoms with Crippen molar-refractivity contribution in [2.75, 3.05) is 13.6 Å². The van der Waals surface area contributed by atoms with Gasteiger partial charge in [-0.25, -0.2) is 0 Å². The van der Waals surface area contributed by atoms with Crippen LogP contribution < -0.4 is 5.73 Å². The smallest absolute Gasteiger partial charge is 0.251 e. The highest BCUT2D eigenvalue weighted by Crippen LogP contribution is 2.22. The van der Waals surface area contributed by atoms with Crippen LogP contribution in [0, 0.1) is 6.92 Å². The van der Waals surface area contributed by atoms with E-state index in [0.29, 0.717) is 13.1 Å². The van der Waals surface area contributed by atoms with Gasteiger partial charge in [0, 0.05) is 18.5 Å². The summed E-state index contributed by atoms with van der Waals surface area (Å²) in [6.45, 7) is 3.23. The van der Waals surface area contributed by atoms with Crippen LogP contribution >= 0.6 is 11.3 Å². The number of rotatable bonds is 4. The number of carbonyl (C=O) groups excluding carboxylic acids is 1. The highest BCUT2D eigenvalue weighted by molar-refractivity contribution is 7.10. The molecule has 0 aliphatic carbocycles. The Morgan fingerprint density at radius 1 is 1.61 bits per heavy atom. The first-order chi connectivity index (χ1) is 8.61. The Bertz CT molecular complexity index is 419. The summed E-state index contributed by atoms with van der Waals surface area (Å²) in [6.07, 6.45) is 1.42. The van der Waals surface area contributed by atoms with Gasteiger partial charge in [0.25, 0.3) is 5.91 Å². The van der Waals surface area contributed by atoms with Crippen LogP contribution in [0.25, 0.3) is 0 Å². The molecule has 2 rings (SSSR count). The van der Waals surface area contributed by atoms with Gasteiger partial charge in [-0.3, -0.25) is 4.79 Å². The quantitative estimate of drug-likeness (QED) is 0.901. The lowest BCUT2D eigenvalue weighted by atomic mass is 10.2. The van der Waals surface area contributed by atoms with Crippen molar-refractivity contribution in [1.29, 1.82) is 0 Å². The van der Waals surface area contributed by atoms with E-state index in [1.807, 2.05) is 7.05 Å². The number of nitrogens with two attached hydrogens (primary N) is 1. The Morgan fingerprint density at radius 2 is 2.39 bits per heavy atom. The number of thiophene rings is 1. The molecule has 0 spiro atoms. The van der Waals surface area contributed by atoms with Crippen LogP contribution in [0.2, 0.25) is 0 Å². The second-order valence-electron chi connectivity index (χ2n) is 4.78. The third-order valence-corrected chi connectivity index (χ3v) is 4.38. The van der Waals surface area contributed by atoms with Crippen molar-refractivity contribution in [3.63, 3.8) is 0 Å². The molecule has 1 fully saturated rings. The molecule has 1 saturated heterocycles. The van der Waals surface area contributed by atoms with E-state index >= 15 is 0 Å². The van der Waals surface area contributed by atoms with Gasteiger partial charge in [-0.2, -0.15) is 0 Å². The number of likely N-dealkylation sites (N-methyl/N-ethyl adjacent to an activating group) is 1. The zero-order chi connectivity index (χ0) is 13.1. The third kappa shape index (κ3) is 2.91. The summed E-state index contributed by atoms with van der Waals surface area (Å²) < 4.78 is 5.63. The fourth-order valence-corrected chi connectivity index (χ4v) is 3.12. The minimum atomic E-state index is -0.302. The van der Waals surface area contributed by atoms with Crippen LogP contribution in [0.1, 0.15) is 23.3 Å². The van der Waals surface area contributed by atoms with Crippen LogP contribution in [0.5, 0.6) is 0 Å². The van der Waals surface area contributed by atoms with Crippen molar-refractivity contribution in [2.45, 2.75) is 38.5 Å². The largest absolute Gasteiger partial charge is 0.364 e. The molecule has 1 aliphatic heterocycles. The molecule has 100 valence electrons. The Hall–Kier alpha value is -0.910. The van der Waals surface area contributed by atoms with E-state index in [2.05, 4.69) is 18.4 Å². The maximum absolute atomic E-state index is 12.2. The molecule has 0 unspecified atom stereocenters. The summed E-state index contributed by atoms with van der Waals surface area (Å²) in [7, 11) is 1.83. The van der Waals surface area contributed by atoms with Crippen molar-refractivity contribution in [1.82, 2.24) is 4.90 Å². The molecule has 0 aromatic carbocycles. The van der Waals surface area contributed by atoms with Gasteiger partial charge in [0.2, 0.25) is 0 Å². The van der Waals surface area contributed by atoms with Crippen LogP contribution in [0.15, 0.2) is 11.4 Å². The maximum Gasteiger partial charge on any atom is 0.251 e. The van der Waals surface area contributed by atoms with Gasteiger partial charge < -0.3 is 15.4 Å². The summed E-state index contributed by atoms with van der Waals surface area (Å²) in [4.78, 5) is 15.2. The van der Waals surface area contributed by atoms with Gasteiger partial charge in [0.15, 0.2) is 0 Å². The van der Waals surface area contributed by atoms with Gasteiger partial charge >= 0.3 is 0 Å². The van der Waals surface area contributed by atoms with Gasteiger partial charge in [0.1, 0.15) is 6.10 Å². The maximum atomic E-state index is 12.2.